The molecule has 36 heavy (non-hydrogen) atoms. The van der Waals surface area contributed by atoms with Gasteiger partial charge in [-0.2, -0.15) is 0 Å². The number of hydrogen-bond acceptors (Lipinski definition) is 7. The molecular formula is C27H31N3O5S. The summed E-state index contributed by atoms with van der Waals surface area (Å²) in [6.07, 6.45) is 12.7. The van der Waals surface area contributed by atoms with E-state index in [4.69, 9.17) is 10.5 Å². The van der Waals surface area contributed by atoms with Gasteiger partial charge in [-0.1, -0.05) is 19.1 Å². The maximum absolute atomic E-state index is 13.1. The van der Waals surface area contributed by atoms with E-state index in [9.17, 15) is 18.3 Å². The van der Waals surface area contributed by atoms with Crippen molar-refractivity contribution in [2.24, 2.45) is 5.73 Å². The summed E-state index contributed by atoms with van der Waals surface area (Å²) >= 11 is 0. The standard InChI is InChI=1S/C25H27N3O5S.C2H4/c1-3-4-5-17(14-15-33-2)28-24-21-12-10-20(11-13-23(21)27-16-22(24)25(26)30)34(31,32)19-8-6-18(29)7-9-19;1-2/h4-9,11-14,16,28-29H,3,10,15H2,1-2H3,(H2,26,30);1-2H2/b5-4-,17-14+;. The SMILES string of the molecule is C=C.CC/C=C\C(=C/COC)Nc1c(C(N)=O)cnc2c1=CCC(S(=O)(=O)c1ccc(O)cc1)=CC=2. The van der Waals surface area contributed by atoms with Crippen LogP contribution in [0.15, 0.2) is 83.4 Å². The van der Waals surface area contributed by atoms with E-state index in [0.717, 1.165) is 6.42 Å². The number of amides is 1. The summed E-state index contributed by atoms with van der Waals surface area (Å²) in [5, 5.41) is 13.8. The minimum absolute atomic E-state index is 0.0207. The summed E-state index contributed by atoms with van der Waals surface area (Å²) in [5.41, 5.74) is 6.93. The first-order valence-corrected chi connectivity index (χ1v) is 12.6. The van der Waals surface area contributed by atoms with Gasteiger partial charge >= 0.3 is 0 Å². The normalized spacial score (nSPS) is 13.3. The zero-order chi connectivity index (χ0) is 26.7. The molecule has 0 bridgehead atoms. The van der Waals surface area contributed by atoms with Crippen LogP contribution in [0.5, 0.6) is 5.75 Å². The number of ether oxygens (including phenoxy) is 1. The van der Waals surface area contributed by atoms with Crippen LogP contribution in [0.2, 0.25) is 0 Å². The number of pyridine rings is 1. The van der Waals surface area contributed by atoms with Crippen molar-refractivity contribution >= 4 is 33.6 Å². The van der Waals surface area contributed by atoms with E-state index in [2.05, 4.69) is 23.5 Å². The molecule has 1 heterocycles. The Balaban J connectivity index is 0.00000222. The fourth-order valence-electron chi connectivity index (χ4n) is 3.34. The molecule has 1 aliphatic rings. The fourth-order valence-corrected chi connectivity index (χ4v) is 4.69. The van der Waals surface area contributed by atoms with Crippen LogP contribution >= 0.6 is 0 Å². The van der Waals surface area contributed by atoms with E-state index in [1.807, 2.05) is 25.2 Å². The third-order valence-corrected chi connectivity index (χ3v) is 7.00. The molecule has 0 spiro atoms. The summed E-state index contributed by atoms with van der Waals surface area (Å²) in [6, 6.07) is 5.36. The smallest absolute Gasteiger partial charge is 0.252 e. The second-order valence-electron chi connectivity index (χ2n) is 7.47. The summed E-state index contributed by atoms with van der Waals surface area (Å²) in [5.74, 6) is -0.682. The number of rotatable bonds is 9. The quantitative estimate of drug-likeness (QED) is 0.350. The van der Waals surface area contributed by atoms with Crippen LogP contribution < -0.4 is 21.6 Å². The molecular weight excluding hydrogens is 478 g/mol. The number of phenols is 1. The maximum atomic E-state index is 13.1. The van der Waals surface area contributed by atoms with Gasteiger partial charge in [0, 0.05) is 30.6 Å². The zero-order valence-electron chi connectivity index (χ0n) is 20.4. The van der Waals surface area contributed by atoms with Crippen LogP contribution in [0.4, 0.5) is 5.69 Å². The molecule has 0 fully saturated rings. The van der Waals surface area contributed by atoms with E-state index in [1.54, 1.807) is 19.3 Å². The average Bonchev–Trinajstić information content (AvgIpc) is 3.10. The Bertz CT molecular complexity index is 1410. The zero-order valence-corrected chi connectivity index (χ0v) is 21.2. The van der Waals surface area contributed by atoms with Gasteiger partial charge < -0.3 is 20.9 Å². The van der Waals surface area contributed by atoms with Gasteiger partial charge in [0.1, 0.15) is 5.75 Å². The summed E-state index contributed by atoms with van der Waals surface area (Å²) in [6.45, 7) is 8.35. The number of phenolic OH excluding ortho intramolecular Hbond substituents is 1. The molecule has 0 saturated heterocycles. The first-order valence-electron chi connectivity index (χ1n) is 11.1. The first kappa shape index (κ1) is 28.3. The van der Waals surface area contributed by atoms with Crippen LogP contribution in [0.1, 0.15) is 30.1 Å². The van der Waals surface area contributed by atoms with Crippen molar-refractivity contribution in [3.05, 3.63) is 94.7 Å². The van der Waals surface area contributed by atoms with Crippen LogP contribution in [-0.2, 0) is 14.6 Å². The predicted octanol–water partition coefficient (Wildman–Crippen LogP) is 2.92. The van der Waals surface area contributed by atoms with Gasteiger partial charge in [0.15, 0.2) is 0 Å². The van der Waals surface area contributed by atoms with Crippen molar-refractivity contribution in [1.29, 1.82) is 0 Å². The number of carbonyl (C=O) groups excluding carboxylic acids is 1. The molecule has 2 aromatic rings. The molecule has 0 aliphatic heterocycles. The molecule has 0 unspecified atom stereocenters. The Hall–Kier alpha value is -3.95. The van der Waals surface area contributed by atoms with Crippen molar-refractivity contribution in [2.45, 2.75) is 24.7 Å². The number of aromatic nitrogens is 1. The van der Waals surface area contributed by atoms with E-state index in [0.29, 0.717) is 28.6 Å². The fraction of sp³-hybridized carbons (Fsp3) is 0.185. The minimum atomic E-state index is -3.80. The molecule has 0 radical (unpaired) electrons. The number of aromatic hydroxyl groups is 1. The van der Waals surface area contributed by atoms with Crippen molar-refractivity contribution in [3.63, 3.8) is 0 Å². The predicted molar refractivity (Wildman–Crippen MR) is 143 cm³/mol. The van der Waals surface area contributed by atoms with Crippen LogP contribution in [0.25, 0.3) is 12.2 Å². The number of nitrogens with two attached hydrogens (primary N) is 1. The maximum Gasteiger partial charge on any atom is 0.252 e. The van der Waals surface area contributed by atoms with Crippen molar-refractivity contribution < 1.29 is 23.1 Å². The van der Waals surface area contributed by atoms with Crippen LogP contribution in [0.3, 0.4) is 0 Å². The lowest BCUT2D eigenvalue weighted by Crippen LogP contribution is -2.33. The number of sulfone groups is 1. The lowest BCUT2D eigenvalue weighted by Gasteiger charge is -2.13. The number of nitrogens with zero attached hydrogens (tertiary/aromatic N) is 1. The lowest BCUT2D eigenvalue weighted by atomic mass is 10.1. The Kier molecular flexibility index (Phi) is 10.4. The van der Waals surface area contributed by atoms with Gasteiger partial charge in [0.2, 0.25) is 9.84 Å². The molecule has 9 heteroatoms. The van der Waals surface area contributed by atoms with Crippen LogP contribution in [0, 0.1) is 0 Å². The van der Waals surface area contributed by atoms with E-state index in [-0.39, 0.29) is 27.5 Å². The molecule has 1 aliphatic carbocycles. The number of methoxy groups -OCH3 is 1. The third kappa shape index (κ3) is 6.80. The van der Waals surface area contributed by atoms with Gasteiger partial charge in [-0.15, -0.1) is 13.2 Å². The van der Waals surface area contributed by atoms with E-state index in [1.165, 1.54) is 36.5 Å². The highest BCUT2D eigenvalue weighted by Gasteiger charge is 2.21. The average molecular weight is 510 g/mol. The molecule has 8 nitrogen and oxygen atoms in total. The highest BCUT2D eigenvalue weighted by atomic mass is 32.2. The van der Waals surface area contributed by atoms with Gasteiger partial charge in [0.05, 0.1) is 33.0 Å². The molecule has 190 valence electrons. The van der Waals surface area contributed by atoms with Crippen molar-refractivity contribution in [1.82, 2.24) is 4.98 Å². The largest absolute Gasteiger partial charge is 0.508 e. The summed E-state index contributed by atoms with van der Waals surface area (Å²) in [7, 11) is -2.22. The van der Waals surface area contributed by atoms with Gasteiger partial charge in [0.25, 0.3) is 5.91 Å². The van der Waals surface area contributed by atoms with E-state index < -0.39 is 15.7 Å². The van der Waals surface area contributed by atoms with E-state index >= 15 is 0 Å². The molecule has 1 aromatic heterocycles. The molecule has 3 rings (SSSR count). The Morgan fingerprint density at radius 2 is 1.94 bits per heavy atom. The number of hydrogen-bond donors (Lipinski definition) is 3. The minimum Gasteiger partial charge on any atom is -0.508 e. The Morgan fingerprint density at radius 3 is 2.56 bits per heavy atom. The number of nitrogens with one attached hydrogen (secondary N) is 1. The number of allylic oxidation sites excluding steroid dienone is 4. The number of fused-ring (bicyclic) bond motifs is 1. The Labute approximate surface area is 211 Å². The summed E-state index contributed by atoms with van der Waals surface area (Å²) in [4.78, 5) is 16.7. The van der Waals surface area contributed by atoms with Gasteiger partial charge in [-0.25, -0.2) is 8.42 Å². The molecule has 1 aromatic carbocycles. The summed E-state index contributed by atoms with van der Waals surface area (Å²) < 4.78 is 31.4. The highest BCUT2D eigenvalue weighted by Crippen LogP contribution is 2.25. The van der Waals surface area contributed by atoms with Crippen molar-refractivity contribution in [2.75, 3.05) is 19.0 Å². The third-order valence-electron chi connectivity index (χ3n) is 5.11. The second kappa shape index (κ2) is 13.2. The Morgan fingerprint density at radius 1 is 1.25 bits per heavy atom. The lowest BCUT2D eigenvalue weighted by molar-refractivity contribution is 0.100. The van der Waals surface area contributed by atoms with Crippen LogP contribution in [-0.4, -0.2) is 38.1 Å². The second-order valence-corrected chi connectivity index (χ2v) is 9.47. The molecule has 0 saturated carbocycles. The monoisotopic (exact) mass is 509 g/mol. The highest BCUT2D eigenvalue weighted by molar-refractivity contribution is 7.95. The number of primary amides is 1. The van der Waals surface area contributed by atoms with Gasteiger partial charge in [-0.3, -0.25) is 9.78 Å². The molecule has 4 N–H and O–H groups in total. The first-order chi connectivity index (χ1) is 17.3. The topological polar surface area (TPSA) is 132 Å². The number of benzene rings is 1. The number of carbonyl (C=O) groups is 1. The molecule has 0 atom stereocenters. The molecule has 1 amide bonds. The van der Waals surface area contributed by atoms with Crippen molar-refractivity contribution in [3.8, 4) is 5.75 Å². The van der Waals surface area contributed by atoms with Gasteiger partial charge in [-0.05, 0) is 55.0 Å². The number of anilines is 1.